The van der Waals surface area contributed by atoms with E-state index in [1.54, 1.807) is 0 Å². The Labute approximate surface area is 155 Å². The van der Waals surface area contributed by atoms with Crippen molar-refractivity contribution < 1.29 is 14.3 Å². The zero-order valence-electron chi connectivity index (χ0n) is 15.9. The van der Waals surface area contributed by atoms with Gasteiger partial charge in [0.1, 0.15) is 11.9 Å². The fourth-order valence-corrected chi connectivity index (χ4v) is 3.63. The predicted molar refractivity (Wildman–Crippen MR) is 103 cm³/mol. The topological polar surface area (TPSA) is 61.6 Å². The lowest BCUT2D eigenvalue weighted by Crippen LogP contribution is -2.33. The van der Waals surface area contributed by atoms with Crippen LogP contribution in [0.25, 0.3) is 11.1 Å². The minimum absolute atomic E-state index is 0.130. The summed E-state index contributed by atoms with van der Waals surface area (Å²) in [5.74, 6) is 0.867. The van der Waals surface area contributed by atoms with Crippen molar-refractivity contribution in [3.63, 3.8) is 0 Å². The molecule has 2 aromatic rings. The van der Waals surface area contributed by atoms with Gasteiger partial charge in [0, 0.05) is 5.41 Å². The van der Waals surface area contributed by atoms with Crippen LogP contribution in [0.2, 0.25) is 0 Å². The van der Waals surface area contributed by atoms with Crippen LogP contribution in [0.1, 0.15) is 51.3 Å². The van der Waals surface area contributed by atoms with Gasteiger partial charge in [-0.2, -0.15) is 0 Å². The largest absolute Gasteiger partial charge is 0.491 e. The van der Waals surface area contributed by atoms with Gasteiger partial charge in [0.05, 0.1) is 6.10 Å². The smallest absolute Gasteiger partial charge is 0.405 e. The fraction of sp³-hybridized carbons (Fsp3) is 0.409. The lowest BCUT2D eigenvalue weighted by atomic mass is 9.71. The minimum atomic E-state index is -0.724. The number of ether oxygens (including phenoxy) is 2. The minimum Gasteiger partial charge on any atom is -0.491 e. The van der Waals surface area contributed by atoms with Crippen LogP contribution in [0.15, 0.2) is 42.5 Å². The molecule has 0 fully saturated rings. The van der Waals surface area contributed by atoms with Crippen molar-refractivity contribution in [1.82, 2.24) is 0 Å². The molecule has 1 aliphatic carbocycles. The second kappa shape index (κ2) is 7.02. The number of benzene rings is 2. The molecule has 0 aliphatic heterocycles. The summed E-state index contributed by atoms with van der Waals surface area (Å²) in [6, 6.07) is 14.5. The Bertz CT molecular complexity index is 811. The first-order valence-electron chi connectivity index (χ1n) is 9.12. The Balaban J connectivity index is 1.96. The average Bonchev–Trinajstić information content (AvgIpc) is 2.56. The van der Waals surface area contributed by atoms with Crippen molar-refractivity contribution in [3.05, 3.63) is 53.6 Å². The SMILES string of the molecule is CC(C)Oc1cccc(-c2ccc3c(c2)CCC(C)(C)C3OC(N)=O)c1. The molecule has 0 spiro atoms. The van der Waals surface area contributed by atoms with E-state index in [2.05, 4.69) is 44.2 Å². The van der Waals surface area contributed by atoms with E-state index in [4.69, 9.17) is 15.2 Å². The summed E-state index contributed by atoms with van der Waals surface area (Å²) in [4.78, 5) is 11.4. The molecule has 4 heteroatoms. The highest BCUT2D eigenvalue weighted by Gasteiger charge is 2.38. The van der Waals surface area contributed by atoms with E-state index >= 15 is 0 Å². The van der Waals surface area contributed by atoms with Gasteiger partial charge in [-0.15, -0.1) is 0 Å². The maximum Gasteiger partial charge on any atom is 0.405 e. The highest BCUT2D eigenvalue weighted by molar-refractivity contribution is 5.68. The van der Waals surface area contributed by atoms with Crippen LogP contribution in [0, 0.1) is 5.41 Å². The number of aryl methyl sites for hydroxylation is 1. The van der Waals surface area contributed by atoms with E-state index in [-0.39, 0.29) is 17.6 Å². The number of primary amides is 1. The third-order valence-electron chi connectivity index (χ3n) is 4.95. The highest BCUT2D eigenvalue weighted by Crippen LogP contribution is 2.46. The number of rotatable bonds is 4. The van der Waals surface area contributed by atoms with Crippen LogP contribution in [-0.4, -0.2) is 12.2 Å². The van der Waals surface area contributed by atoms with Gasteiger partial charge in [-0.3, -0.25) is 0 Å². The van der Waals surface area contributed by atoms with E-state index in [0.29, 0.717) is 0 Å². The van der Waals surface area contributed by atoms with E-state index in [0.717, 1.165) is 35.3 Å². The quantitative estimate of drug-likeness (QED) is 0.816. The van der Waals surface area contributed by atoms with Crippen molar-refractivity contribution in [2.24, 2.45) is 11.1 Å². The lowest BCUT2D eigenvalue weighted by molar-refractivity contribution is 0.0147. The van der Waals surface area contributed by atoms with Gasteiger partial charge in [-0.05, 0) is 61.1 Å². The van der Waals surface area contributed by atoms with Gasteiger partial charge in [0.2, 0.25) is 0 Å². The first kappa shape index (κ1) is 18.3. The molecule has 2 aromatic carbocycles. The van der Waals surface area contributed by atoms with E-state index in [9.17, 15) is 4.79 Å². The summed E-state index contributed by atoms with van der Waals surface area (Å²) in [5.41, 5.74) is 9.69. The molecule has 26 heavy (non-hydrogen) atoms. The van der Waals surface area contributed by atoms with Crippen LogP contribution in [0.5, 0.6) is 5.75 Å². The van der Waals surface area contributed by atoms with E-state index in [1.807, 2.05) is 26.0 Å². The molecule has 0 saturated heterocycles. The number of fused-ring (bicyclic) bond motifs is 1. The molecule has 0 radical (unpaired) electrons. The number of carbonyl (C=O) groups is 1. The van der Waals surface area contributed by atoms with Crippen LogP contribution in [0.4, 0.5) is 4.79 Å². The number of carbonyl (C=O) groups excluding carboxylic acids is 1. The molecule has 4 nitrogen and oxygen atoms in total. The summed E-state index contributed by atoms with van der Waals surface area (Å²) in [7, 11) is 0. The molecule has 0 aromatic heterocycles. The summed E-state index contributed by atoms with van der Waals surface area (Å²) in [5, 5.41) is 0. The van der Waals surface area contributed by atoms with Gasteiger partial charge in [0.15, 0.2) is 0 Å². The summed E-state index contributed by atoms with van der Waals surface area (Å²) >= 11 is 0. The third kappa shape index (κ3) is 3.85. The molecule has 0 heterocycles. The normalized spacial score (nSPS) is 18.3. The van der Waals surface area contributed by atoms with E-state index in [1.165, 1.54) is 5.56 Å². The Kier molecular flexibility index (Phi) is 4.94. The average molecular weight is 353 g/mol. The van der Waals surface area contributed by atoms with Gasteiger partial charge < -0.3 is 15.2 Å². The number of amides is 1. The molecule has 1 amide bonds. The number of hydrogen-bond acceptors (Lipinski definition) is 3. The Morgan fingerprint density at radius 1 is 1.15 bits per heavy atom. The maximum absolute atomic E-state index is 11.4. The van der Waals surface area contributed by atoms with Gasteiger partial charge >= 0.3 is 6.09 Å². The number of hydrogen-bond donors (Lipinski definition) is 1. The lowest BCUT2D eigenvalue weighted by Gasteiger charge is -2.39. The molecule has 1 aliphatic rings. The Morgan fingerprint density at radius 2 is 1.88 bits per heavy atom. The van der Waals surface area contributed by atoms with Crippen molar-refractivity contribution >= 4 is 6.09 Å². The summed E-state index contributed by atoms with van der Waals surface area (Å²) < 4.78 is 11.3. The van der Waals surface area contributed by atoms with Crippen LogP contribution in [0.3, 0.4) is 0 Å². The maximum atomic E-state index is 11.4. The standard InChI is InChI=1S/C22H27NO3/c1-14(2)25-18-7-5-6-15(13-18)16-8-9-19-17(12-16)10-11-22(3,4)20(19)26-21(23)24/h5-9,12-14,20H,10-11H2,1-4H3,(H2,23,24). The molecule has 138 valence electrons. The molecule has 1 unspecified atom stereocenters. The van der Waals surface area contributed by atoms with Crippen molar-refractivity contribution in [3.8, 4) is 16.9 Å². The van der Waals surface area contributed by atoms with Gasteiger partial charge in [0.25, 0.3) is 0 Å². The van der Waals surface area contributed by atoms with Gasteiger partial charge in [-0.25, -0.2) is 4.79 Å². The molecular formula is C22H27NO3. The second-order valence-corrected chi connectivity index (χ2v) is 7.91. The van der Waals surface area contributed by atoms with Crippen molar-refractivity contribution in [2.75, 3.05) is 0 Å². The predicted octanol–water partition coefficient (Wildman–Crippen LogP) is 5.25. The number of nitrogens with two attached hydrogens (primary N) is 1. The molecule has 2 N–H and O–H groups in total. The molecular weight excluding hydrogens is 326 g/mol. The van der Waals surface area contributed by atoms with Crippen LogP contribution >= 0.6 is 0 Å². The zero-order chi connectivity index (χ0) is 18.9. The van der Waals surface area contributed by atoms with Gasteiger partial charge in [-0.1, -0.05) is 44.2 Å². The fourth-order valence-electron chi connectivity index (χ4n) is 3.63. The molecule has 1 atom stereocenters. The summed E-state index contributed by atoms with van der Waals surface area (Å²) in [6.45, 7) is 8.27. The molecule has 3 rings (SSSR count). The highest BCUT2D eigenvalue weighted by atomic mass is 16.6. The first-order chi connectivity index (χ1) is 12.3. The molecule has 0 bridgehead atoms. The molecule has 0 saturated carbocycles. The second-order valence-electron chi connectivity index (χ2n) is 7.91. The third-order valence-corrected chi connectivity index (χ3v) is 4.95. The monoisotopic (exact) mass is 353 g/mol. The first-order valence-corrected chi connectivity index (χ1v) is 9.12. The van der Waals surface area contributed by atoms with Crippen LogP contribution in [-0.2, 0) is 11.2 Å². The van der Waals surface area contributed by atoms with Crippen molar-refractivity contribution in [1.29, 1.82) is 0 Å². The zero-order valence-corrected chi connectivity index (χ0v) is 15.9. The van der Waals surface area contributed by atoms with E-state index < -0.39 is 6.09 Å². The summed E-state index contributed by atoms with van der Waals surface area (Å²) in [6.07, 6.45) is 1.00. The van der Waals surface area contributed by atoms with Crippen LogP contribution < -0.4 is 10.5 Å². The Hall–Kier alpha value is -2.49. The Morgan fingerprint density at radius 3 is 2.58 bits per heavy atom. The van der Waals surface area contributed by atoms with Crippen molar-refractivity contribution in [2.45, 2.75) is 52.7 Å².